The monoisotopic (exact) mass is 224 g/mol. The van der Waals surface area contributed by atoms with Crippen LogP contribution in [0.4, 0.5) is 0 Å². The first-order valence-electron chi connectivity index (χ1n) is 5.17. The minimum atomic E-state index is 0.560. The van der Waals surface area contributed by atoms with E-state index in [0.717, 1.165) is 11.1 Å². The molecular weight excluding hydrogens is 212 g/mol. The maximum Gasteiger partial charge on any atom is 0.216 e. The van der Waals surface area contributed by atoms with Crippen molar-refractivity contribution in [3.63, 3.8) is 0 Å². The molecule has 0 aliphatic heterocycles. The number of ether oxygens (including phenoxy) is 1. The molecule has 0 radical (unpaired) electrons. The van der Waals surface area contributed by atoms with E-state index in [9.17, 15) is 0 Å². The zero-order valence-electron chi connectivity index (χ0n) is 9.55. The first-order valence-corrected chi connectivity index (χ1v) is 5.17. The molecule has 0 atom stereocenters. The second-order valence-electron chi connectivity index (χ2n) is 3.39. The first kappa shape index (κ1) is 11.1. The van der Waals surface area contributed by atoms with Crippen LogP contribution in [0.3, 0.4) is 0 Å². The van der Waals surface area contributed by atoms with Gasteiger partial charge in [-0.2, -0.15) is 4.98 Å². The van der Waals surface area contributed by atoms with Gasteiger partial charge in [0.2, 0.25) is 5.88 Å². The normalized spacial score (nSPS) is 9.47. The zero-order valence-corrected chi connectivity index (χ0v) is 9.55. The van der Waals surface area contributed by atoms with E-state index in [-0.39, 0.29) is 0 Å². The summed E-state index contributed by atoms with van der Waals surface area (Å²) in [5.41, 5.74) is 4.73. The molecular formula is C14H12N2O. The van der Waals surface area contributed by atoms with Gasteiger partial charge in [-0.3, -0.25) is 0 Å². The summed E-state index contributed by atoms with van der Waals surface area (Å²) in [6.07, 6.45) is 3.49. The molecule has 1 aromatic carbocycles. The number of hydrogen-bond acceptors (Lipinski definition) is 3. The van der Waals surface area contributed by atoms with Gasteiger partial charge in [0.1, 0.15) is 0 Å². The molecule has 0 N–H and O–H groups in total. The van der Waals surface area contributed by atoms with Gasteiger partial charge in [0, 0.05) is 17.8 Å². The molecule has 0 bridgehead atoms. The molecule has 84 valence electrons. The van der Waals surface area contributed by atoms with Gasteiger partial charge in [-0.1, -0.05) is 30.8 Å². The van der Waals surface area contributed by atoms with E-state index in [2.05, 4.69) is 22.3 Å². The topological polar surface area (TPSA) is 35.0 Å². The molecule has 1 aromatic heterocycles. The highest BCUT2D eigenvalue weighted by Crippen LogP contribution is 2.17. The summed E-state index contributed by atoms with van der Waals surface area (Å²) in [6, 6.07) is 9.57. The van der Waals surface area contributed by atoms with Crippen molar-refractivity contribution < 1.29 is 4.74 Å². The van der Waals surface area contributed by atoms with Crippen molar-refractivity contribution in [2.45, 2.75) is 0 Å². The van der Waals surface area contributed by atoms with E-state index in [0.29, 0.717) is 11.7 Å². The molecule has 2 aromatic rings. The van der Waals surface area contributed by atoms with Gasteiger partial charge in [-0.15, -0.1) is 5.73 Å². The van der Waals surface area contributed by atoms with E-state index < -0.39 is 0 Å². The molecule has 1 heterocycles. The summed E-state index contributed by atoms with van der Waals surface area (Å²) in [5.74, 6) is 1.21. The lowest BCUT2D eigenvalue weighted by atomic mass is 10.1. The van der Waals surface area contributed by atoms with Gasteiger partial charge in [0.15, 0.2) is 5.82 Å². The fraction of sp³-hybridized carbons (Fsp3) is 0.0714. The summed E-state index contributed by atoms with van der Waals surface area (Å²) < 4.78 is 5.06. The summed E-state index contributed by atoms with van der Waals surface area (Å²) in [6.45, 7) is 3.54. The average Bonchev–Trinajstić information content (AvgIpc) is 2.40. The Morgan fingerprint density at radius 3 is 2.65 bits per heavy atom. The van der Waals surface area contributed by atoms with Gasteiger partial charge < -0.3 is 4.74 Å². The Morgan fingerprint density at radius 1 is 1.24 bits per heavy atom. The summed E-state index contributed by atoms with van der Waals surface area (Å²) >= 11 is 0. The Balaban J connectivity index is 2.35. The van der Waals surface area contributed by atoms with E-state index in [1.165, 1.54) is 0 Å². The molecule has 0 amide bonds. The predicted octanol–water partition coefficient (Wildman–Crippen LogP) is 2.95. The fourth-order valence-corrected chi connectivity index (χ4v) is 1.44. The highest BCUT2D eigenvalue weighted by Gasteiger charge is 2.02. The third-order valence-corrected chi connectivity index (χ3v) is 2.28. The summed E-state index contributed by atoms with van der Waals surface area (Å²) in [5, 5.41) is 0. The van der Waals surface area contributed by atoms with Crippen LogP contribution in [0, 0.1) is 0 Å². The van der Waals surface area contributed by atoms with E-state index >= 15 is 0 Å². The van der Waals surface area contributed by atoms with Gasteiger partial charge in [-0.25, -0.2) is 4.98 Å². The van der Waals surface area contributed by atoms with Crippen LogP contribution in [-0.4, -0.2) is 17.1 Å². The lowest BCUT2D eigenvalue weighted by molar-refractivity contribution is 0.397. The van der Waals surface area contributed by atoms with Crippen molar-refractivity contribution >= 4 is 6.08 Å². The summed E-state index contributed by atoms with van der Waals surface area (Å²) in [4.78, 5) is 8.47. The molecule has 3 heteroatoms. The molecule has 0 saturated heterocycles. The van der Waals surface area contributed by atoms with Crippen LogP contribution in [0.15, 0.2) is 48.8 Å². The fourth-order valence-electron chi connectivity index (χ4n) is 1.44. The van der Waals surface area contributed by atoms with Crippen LogP contribution < -0.4 is 4.74 Å². The molecule has 0 saturated carbocycles. The molecule has 0 unspecified atom stereocenters. The van der Waals surface area contributed by atoms with Crippen molar-refractivity contribution in [3.05, 3.63) is 54.4 Å². The van der Waals surface area contributed by atoms with E-state index in [4.69, 9.17) is 4.74 Å². The van der Waals surface area contributed by atoms with Crippen LogP contribution >= 0.6 is 0 Å². The van der Waals surface area contributed by atoms with Crippen LogP contribution in [0.2, 0.25) is 0 Å². The smallest absolute Gasteiger partial charge is 0.216 e. The van der Waals surface area contributed by atoms with E-state index in [1.54, 1.807) is 19.4 Å². The van der Waals surface area contributed by atoms with Crippen LogP contribution in [-0.2, 0) is 0 Å². The number of aromatic nitrogens is 2. The lowest BCUT2D eigenvalue weighted by Crippen LogP contribution is -1.92. The lowest BCUT2D eigenvalue weighted by Gasteiger charge is -2.02. The van der Waals surface area contributed by atoms with Crippen LogP contribution in [0.1, 0.15) is 5.56 Å². The Bertz CT molecular complexity index is 555. The molecule has 2 rings (SSSR count). The second kappa shape index (κ2) is 5.10. The molecule has 0 aliphatic carbocycles. The Labute approximate surface area is 100 Å². The third-order valence-electron chi connectivity index (χ3n) is 2.28. The quantitative estimate of drug-likeness (QED) is 0.752. The summed E-state index contributed by atoms with van der Waals surface area (Å²) in [7, 11) is 1.59. The van der Waals surface area contributed by atoms with Crippen molar-refractivity contribution in [1.29, 1.82) is 0 Å². The van der Waals surface area contributed by atoms with Gasteiger partial charge in [0.25, 0.3) is 0 Å². The minimum Gasteiger partial charge on any atom is -0.481 e. The minimum absolute atomic E-state index is 0.560. The second-order valence-corrected chi connectivity index (χ2v) is 3.39. The Morgan fingerprint density at radius 2 is 2.00 bits per heavy atom. The largest absolute Gasteiger partial charge is 0.481 e. The predicted molar refractivity (Wildman–Crippen MR) is 67.6 cm³/mol. The third kappa shape index (κ3) is 2.60. The van der Waals surface area contributed by atoms with Gasteiger partial charge in [0.05, 0.1) is 7.11 Å². The zero-order chi connectivity index (χ0) is 12.1. The Kier molecular flexibility index (Phi) is 3.34. The van der Waals surface area contributed by atoms with Crippen molar-refractivity contribution in [1.82, 2.24) is 9.97 Å². The molecule has 3 nitrogen and oxygen atoms in total. The highest BCUT2D eigenvalue weighted by atomic mass is 16.5. The number of methoxy groups -OCH3 is 1. The number of hydrogen-bond donors (Lipinski definition) is 0. The SMILES string of the molecule is C=C=Cc1ccc(-c2nccc(OC)n2)cc1. The molecule has 0 fully saturated rings. The van der Waals surface area contributed by atoms with Gasteiger partial charge in [-0.05, 0) is 11.6 Å². The number of benzene rings is 1. The average molecular weight is 224 g/mol. The van der Waals surface area contributed by atoms with E-state index in [1.807, 2.05) is 30.3 Å². The molecule has 0 spiro atoms. The number of rotatable bonds is 3. The van der Waals surface area contributed by atoms with Crippen molar-refractivity contribution in [2.75, 3.05) is 7.11 Å². The van der Waals surface area contributed by atoms with Crippen LogP contribution in [0.5, 0.6) is 5.88 Å². The van der Waals surface area contributed by atoms with Gasteiger partial charge >= 0.3 is 0 Å². The maximum absolute atomic E-state index is 5.06. The van der Waals surface area contributed by atoms with Crippen LogP contribution in [0.25, 0.3) is 17.5 Å². The molecule has 17 heavy (non-hydrogen) atoms. The number of nitrogens with zero attached hydrogens (tertiary/aromatic N) is 2. The van der Waals surface area contributed by atoms with Crippen molar-refractivity contribution in [3.8, 4) is 17.3 Å². The highest BCUT2D eigenvalue weighted by molar-refractivity contribution is 5.59. The standard InChI is InChI=1S/C14H12N2O/c1-3-4-11-5-7-12(8-6-11)14-15-10-9-13(16-14)17-2/h4-10H,1H2,2H3. The molecule has 0 aliphatic rings. The maximum atomic E-state index is 5.06. The first-order chi connectivity index (χ1) is 8.33. The Hall–Kier alpha value is -2.38. The van der Waals surface area contributed by atoms with Crippen molar-refractivity contribution in [2.24, 2.45) is 0 Å².